The summed E-state index contributed by atoms with van der Waals surface area (Å²) in [5.41, 5.74) is 10.8. The van der Waals surface area contributed by atoms with E-state index in [9.17, 15) is 5.48 Å². The van der Waals surface area contributed by atoms with Crippen molar-refractivity contribution < 1.29 is 5.48 Å². The summed E-state index contributed by atoms with van der Waals surface area (Å²) >= 11 is 0. The molecule has 270 valence electrons. The molecule has 0 aliphatic rings. The first-order valence-electron chi connectivity index (χ1n) is 21.1. The van der Waals surface area contributed by atoms with Crippen molar-refractivity contribution in [2.24, 2.45) is 0 Å². The van der Waals surface area contributed by atoms with E-state index in [4.69, 9.17) is 0 Å². The Morgan fingerprint density at radius 2 is 0.667 bits per heavy atom. The molecule has 0 aliphatic heterocycles. The standard InChI is InChI=1S/C54H39N3/c1-5-15-44(16-6-1)55(45-17-7-2-8-18-45)48-33-29-42(30-34-48)40-25-27-41(28-26-40)43-31-35-49(36-32-43)56(46-19-9-3-10-20-46)50-37-38-52-51-23-13-14-24-53(51)57(54(52)39-50)47-21-11-4-12-22-47/h1-39H/i25D,26D,27D,28D. The smallest absolute Gasteiger partial charge is 0.0629 e. The first-order chi connectivity index (χ1) is 30.0. The van der Waals surface area contributed by atoms with Crippen LogP contribution in [-0.2, 0) is 0 Å². The molecule has 0 radical (unpaired) electrons. The molecule has 1 heterocycles. The highest BCUT2D eigenvalue weighted by Gasteiger charge is 2.18. The van der Waals surface area contributed by atoms with E-state index in [-0.39, 0.29) is 35.3 Å². The average molecular weight is 734 g/mol. The van der Waals surface area contributed by atoms with Crippen LogP contribution in [-0.4, -0.2) is 4.57 Å². The fourth-order valence-corrected chi connectivity index (χ4v) is 7.73. The predicted octanol–water partition coefficient (Wildman–Crippen LogP) is 15.1. The van der Waals surface area contributed by atoms with E-state index in [1.165, 1.54) is 5.39 Å². The molecule has 0 spiro atoms. The van der Waals surface area contributed by atoms with Crippen LogP contribution in [0.25, 0.3) is 49.7 Å². The van der Waals surface area contributed by atoms with Gasteiger partial charge in [-0.3, -0.25) is 0 Å². The normalized spacial score (nSPS) is 12.1. The lowest BCUT2D eigenvalue weighted by atomic mass is 9.99. The Morgan fingerprint density at radius 1 is 0.298 bits per heavy atom. The Hall–Kier alpha value is -7.62. The number of fused-ring (bicyclic) bond motifs is 3. The van der Waals surface area contributed by atoms with Gasteiger partial charge >= 0.3 is 0 Å². The van der Waals surface area contributed by atoms with Crippen molar-refractivity contribution in [3.05, 3.63) is 236 Å². The van der Waals surface area contributed by atoms with Gasteiger partial charge in [0, 0.05) is 50.6 Å². The van der Waals surface area contributed by atoms with Crippen molar-refractivity contribution in [1.82, 2.24) is 4.57 Å². The molecule has 0 unspecified atom stereocenters. The lowest BCUT2D eigenvalue weighted by Gasteiger charge is -2.26. The third kappa shape index (κ3) is 6.52. The molecule has 3 nitrogen and oxygen atoms in total. The van der Waals surface area contributed by atoms with Crippen LogP contribution in [0.3, 0.4) is 0 Å². The van der Waals surface area contributed by atoms with Crippen LogP contribution in [0.2, 0.25) is 0 Å². The molecule has 57 heavy (non-hydrogen) atoms. The molecule has 10 rings (SSSR count). The number of para-hydroxylation sites is 5. The van der Waals surface area contributed by atoms with Crippen LogP contribution in [0.15, 0.2) is 236 Å². The van der Waals surface area contributed by atoms with Crippen molar-refractivity contribution >= 4 is 55.9 Å². The van der Waals surface area contributed by atoms with Gasteiger partial charge in [-0.05, 0) is 113 Å². The van der Waals surface area contributed by atoms with Gasteiger partial charge in [0.15, 0.2) is 0 Å². The van der Waals surface area contributed by atoms with Gasteiger partial charge < -0.3 is 14.4 Å². The van der Waals surface area contributed by atoms with Crippen molar-refractivity contribution in [2.75, 3.05) is 9.80 Å². The highest BCUT2D eigenvalue weighted by Crippen LogP contribution is 2.41. The first-order valence-corrected chi connectivity index (χ1v) is 19.1. The maximum Gasteiger partial charge on any atom is 0.0629 e. The zero-order valence-electron chi connectivity index (χ0n) is 35.0. The molecule has 3 heteroatoms. The highest BCUT2D eigenvalue weighted by molar-refractivity contribution is 6.10. The summed E-state index contributed by atoms with van der Waals surface area (Å²) in [6.45, 7) is 0. The Balaban J connectivity index is 1.02. The molecule has 0 saturated heterocycles. The minimum atomic E-state index is -0.0814. The number of benzene rings is 9. The second kappa shape index (κ2) is 14.9. The number of hydrogen-bond donors (Lipinski definition) is 0. The summed E-state index contributed by atoms with van der Waals surface area (Å²) < 4.78 is 39.1. The van der Waals surface area contributed by atoms with Crippen molar-refractivity contribution in [3.63, 3.8) is 0 Å². The monoisotopic (exact) mass is 733 g/mol. The molecule has 1 aromatic heterocycles. The number of nitrogens with zero attached hydrogens (tertiary/aromatic N) is 3. The third-order valence-corrected chi connectivity index (χ3v) is 10.4. The number of anilines is 6. The van der Waals surface area contributed by atoms with Crippen LogP contribution < -0.4 is 9.80 Å². The Morgan fingerprint density at radius 3 is 1.16 bits per heavy atom. The molecule has 9 aromatic carbocycles. The molecule has 0 saturated carbocycles. The second-order valence-electron chi connectivity index (χ2n) is 13.9. The molecule has 0 N–H and O–H groups in total. The zero-order valence-corrected chi connectivity index (χ0v) is 31.0. The molecular formula is C54H39N3. The van der Waals surface area contributed by atoms with Gasteiger partial charge in [0.05, 0.1) is 16.5 Å². The topological polar surface area (TPSA) is 11.4 Å². The van der Waals surface area contributed by atoms with Crippen molar-refractivity contribution in [1.29, 1.82) is 0 Å². The third-order valence-electron chi connectivity index (χ3n) is 10.4. The summed E-state index contributed by atoms with van der Waals surface area (Å²) in [4.78, 5) is 4.35. The average Bonchev–Trinajstić information content (AvgIpc) is 3.65. The van der Waals surface area contributed by atoms with Gasteiger partial charge in [-0.25, -0.2) is 0 Å². The summed E-state index contributed by atoms with van der Waals surface area (Å²) in [5, 5.41) is 2.35. The van der Waals surface area contributed by atoms with Crippen LogP contribution in [0, 0.1) is 0 Å². The van der Waals surface area contributed by atoms with Crippen LogP contribution in [0.1, 0.15) is 5.48 Å². The number of aromatic nitrogens is 1. The maximum atomic E-state index is 9.20. The maximum absolute atomic E-state index is 9.20. The van der Waals surface area contributed by atoms with Crippen LogP contribution >= 0.6 is 0 Å². The zero-order chi connectivity index (χ0) is 41.5. The van der Waals surface area contributed by atoms with Gasteiger partial charge in [0.25, 0.3) is 0 Å². The number of hydrogen-bond acceptors (Lipinski definition) is 2. The fraction of sp³-hybridized carbons (Fsp3) is 0. The van der Waals surface area contributed by atoms with Gasteiger partial charge in [0.1, 0.15) is 0 Å². The molecule has 10 aromatic rings. The van der Waals surface area contributed by atoms with Gasteiger partial charge in [-0.1, -0.05) is 145 Å². The van der Waals surface area contributed by atoms with E-state index in [0.717, 1.165) is 56.2 Å². The molecular weight excluding hydrogens is 691 g/mol. The summed E-state index contributed by atoms with van der Waals surface area (Å²) in [6, 6.07) is 71.1. The molecule has 0 aliphatic carbocycles. The summed E-state index contributed by atoms with van der Waals surface area (Å²) in [5.74, 6) is 0. The molecule has 0 atom stereocenters. The molecule has 0 bridgehead atoms. The second-order valence-corrected chi connectivity index (χ2v) is 13.9. The Kier molecular flexibility index (Phi) is 7.76. The van der Waals surface area contributed by atoms with Crippen molar-refractivity contribution in [3.8, 4) is 27.9 Å². The predicted molar refractivity (Wildman–Crippen MR) is 241 cm³/mol. The molecule has 0 amide bonds. The van der Waals surface area contributed by atoms with Gasteiger partial charge in [0.2, 0.25) is 0 Å². The van der Waals surface area contributed by atoms with Crippen molar-refractivity contribution in [2.45, 2.75) is 0 Å². The SMILES string of the molecule is [2H]c1c([2H])c(-c2ccc(N(c3ccccc3)c3ccc4c5ccccc5n(-c5ccccc5)c4c3)cc2)c([2H])c([2H])c1-c1ccc(N(c2ccccc2)c2ccccc2)cc1. The minimum absolute atomic E-state index is 0.0798. The van der Waals surface area contributed by atoms with E-state index < -0.39 is 0 Å². The Bertz CT molecular complexity index is 3090. The van der Waals surface area contributed by atoms with Crippen LogP contribution in [0.5, 0.6) is 0 Å². The lowest BCUT2D eigenvalue weighted by molar-refractivity contribution is 1.18. The number of rotatable bonds is 9. The van der Waals surface area contributed by atoms with Crippen LogP contribution in [0.4, 0.5) is 34.1 Å². The minimum Gasteiger partial charge on any atom is -0.311 e. The molecule has 0 fully saturated rings. The largest absolute Gasteiger partial charge is 0.311 e. The quantitative estimate of drug-likeness (QED) is 0.146. The van der Waals surface area contributed by atoms with Gasteiger partial charge in [-0.2, -0.15) is 0 Å². The summed E-state index contributed by atoms with van der Waals surface area (Å²) in [7, 11) is 0. The van der Waals surface area contributed by atoms with E-state index >= 15 is 0 Å². The first kappa shape index (κ1) is 29.7. The van der Waals surface area contributed by atoms with Gasteiger partial charge in [-0.15, -0.1) is 0 Å². The van der Waals surface area contributed by atoms with E-state index in [1.54, 1.807) is 0 Å². The summed E-state index contributed by atoms with van der Waals surface area (Å²) in [6.07, 6.45) is 0. The van der Waals surface area contributed by atoms with E-state index in [1.807, 2.05) is 109 Å². The fourth-order valence-electron chi connectivity index (χ4n) is 7.73. The van der Waals surface area contributed by atoms with E-state index in [0.29, 0.717) is 11.1 Å². The highest BCUT2D eigenvalue weighted by atomic mass is 15.1. The van der Waals surface area contributed by atoms with E-state index in [2.05, 4.69) is 117 Å². The Labute approximate surface area is 339 Å². The lowest BCUT2D eigenvalue weighted by Crippen LogP contribution is -2.10.